The lowest BCUT2D eigenvalue weighted by Gasteiger charge is -2.20. The number of nitrogens with zero attached hydrogens (tertiary/aromatic N) is 1. The van der Waals surface area contributed by atoms with Gasteiger partial charge in [-0.15, -0.1) is 0 Å². The van der Waals surface area contributed by atoms with E-state index < -0.39 is 0 Å². The van der Waals surface area contributed by atoms with Crippen molar-refractivity contribution in [2.75, 3.05) is 13.6 Å². The van der Waals surface area contributed by atoms with Gasteiger partial charge in [0.2, 0.25) is 0 Å². The van der Waals surface area contributed by atoms with Crippen LogP contribution in [0.4, 0.5) is 0 Å². The Morgan fingerprint density at radius 1 is 1.41 bits per heavy atom. The van der Waals surface area contributed by atoms with E-state index in [-0.39, 0.29) is 0 Å². The lowest BCUT2D eigenvalue weighted by atomic mass is 10.1. The first-order chi connectivity index (χ1) is 8.24. The van der Waals surface area contributed by atoms with E-state index >= 15 is 0 Å². The van der Waals surface area contributed by atoms with E-state index in [1.165, 1.54) is 28.4 Å². The third-order valence-corrected chi connectivity index (χ3v) is 4.08. The molecule has 1 aromatic rings. The minimum absolute atomic E-state index is 0.837. The first kappa shape index (κ1) is 13.1. The van der Waals surface area contributed by atoms with Crippen molar-refractivity contribution in [3.05, 3.63) is 33.8 Å². The van der Waals surface area contributed by atoms with Gasteiger partial charge < -0.3 is 5.32 Å². The summed E-state index contributed by atoms with van der Waals surface area (Å²) in [7, 11) is 1.98. The molecule has 0 radical (unpaired) electrons. The van der Waals surface area contributed by atoms with E-state index in [0.29, 0.717) is 0 Å². The maximum Gasteiger partial charge on any atom is 0.0247 e. The molecule has 0 saturated heterocycles. The highest BCUT2D eigenvalue weighted by molar-refractivity contribution is 9.10. The summed E-state index contributed by atoms with van der Waals surface area (Å²) in [6.07, 6.45) is 2.76. The van der Waals surface area contributed by atoms with Gasteiger partial charge in [0.1, 0.15) is 0 Å². The molecule has 17 heavy (non-hydrogen) atoms. The molecule has 0 amide bonds. The van der Waals surface area contributed by atoms with Crippen LogP contribution in [0.2, 0.25) is 0 Å². The summed E-state index contributed by atoms with van der Waals surface area (Å²) in [5.41, 5.74) is 2.73. The average Bonchev–Trinajstić information content (AvgIpc) is 3.13. The summed E-state index contributed by atoms with van der Waals surface area (Å²) in [4.78, 5) is 2.57. The van der Waals surface area contributed by atoms with E-state index in [2.05, 4.69) is 51.3 Å². The van der Waals surface area contributed by atoms with Crippen molar-refractivity contribution in [1.82, 2.24) is 10.2 Å². The van der Waals surface area contributed by atoms with Gasteiger partial charge in [0.15, 0.2) is 0 Å². The Bertz CT molecular complexity index is 374. The Hall–Kier alpha value is -0.380. The van der Waals surface area contributed by atoms with Gasteiger partial charge >= 0.3 is 0 Å². The normalized spacial score (nSPS) is 15.5. The molecule has 2 rings (SSSR count). The summed E-state index contributed by atoms with van der Waals surface area (Å²) in [5.74, 6) is 0. The van der Waals surface area contributed by atoms with Gasteiger partial charge in [-0.25, -0.2) is 0 Å². The van der Waals surface area contributed by atoms with Crippen LogP contribution in [0.25, 0.3) is 0 Å². The molecule has 0 aliphatic heterocycles. The second kappa shape index (κ2) is 5.98. The first-order valence-electron chi connectivity index (χ1n) is 6.40. The molecular weight excluding hydrogens is 276 g/mol. The fourth-order valence-corrected chi connectivity index (χ4v) is 2.74. The van der Waals surface area contributed by atoms with Crippen LogP contribution in [0.1, 0.15) is 30.9 Å². The third kappa shape index (κ3) is 3.54. The molecule has 94 valence electrons. The standard InChI is InChI=1S/C14H21BrN2/c1-3-17(13-6-7-13)10-12-5-4-11(9-16-2)8-14(12)15/h4-5,8,13,16H,3,6-7,9-10H2,1-2H3. The van der Waals surface area contributed by atoms with Gasteiger partial charge in [-0.3, -0.25) is 4.90 Å². The topological polar surface area (TPSA) is 15.3 Å². The van der Waals surface area contributed by atoms with E-state index in [1.807, 2.05) is 7.05 Å². The van der Waals surface area contributed by atoms with Gasteiger partial charge in [0.05, 0.1) is 0 Å². The SMILES string of the molecule is CCN(Cc1ccc(CNC)cc1Br)C1CC1. The molecule has 1 aliphatic carbocycles. The van der Waals surface area contributed by atoms with Gasteiger partial charge in [-0.1, -0.05) is 35.0 Å². The second-order valence-electron chi connectivity index (χ2n) is 4.75. The van der Waals surface area contributed by atoms with Crippen LogP contribution in [0.15, 0.2) is 22.7 Å². The Labute approximate surface area is 113 Å². The van der Waals surface area contributed by atoms with Gasteiger partial charge in [0, 0.05) is 23.6 Å². The van der Waals surface area contributed by atoms with Crippen molar-refractivity contribution in [2.45, 2.75) is 38.9 Å². The Morgan fingerprint density at radius 3 is 2.71 bits per heavy atom. The van der Waals surface area contributed by atoms with Crippen LogP contribution in [0, 0.1) is 0 Å². The first-order valence-corrected chi connectivity index (χ1v) is 7.19. The van der Waals surface area contributed by atoms with Crippen LogP contribution in [-0.2, 0) is 13.1 Å². The molecular formula is C14H21BrN2. The molecule has 0 atom stereocenters. The van der Waals surface area contributed by atoms with Gasteiger partial charge in [-0.2, -0.15) is 0 Å². The van der Waals surface area contributed by atoms with Gasteiger partial charge in [-0.05, 0) is 43.6 Å². The minimum atomic E-state index is 0.837. The maximum atomic E-state index is 3.69. The Kier molecular flexibility index (Phi) is 4.60. The smallest absolute Gasteiger partial charge is 0.0247 e. The number of benzene rings is 1. The zero-order valence-electron chi connectivity index (χ0n) is 10.7. The molecule has 2 nitrogen and oxygen atoms in total. The van der Waals surface area contributed by atoms with E-state index in [1.54, 1.807) is 0 Å². The maximum absolute atomic E-state index is 3.69. The highest BCUT2D eigenvalue weighted by Gasteiger charge is 2.27. The van der Waals surface area contributed by atoms with E-state index in [0.717, 1.165) is 25.7 Å². The fourth-order valence-electron chi connectivity index (χ4n) is 2.19. The molecule has 0 aromatic heterocycles. The lowest BCUT2D eigenvalue weighted by molar-refractivity contribution is 0.269. The monoisotopic (exact) mass is 296 g/mol. The zero-order valence-corrected chi connectivity index (χ0v) is 12.3. The van der Waals surface area contributed by atoms with Crippen LogP contribution in [0.3, 0.4) is 0 Å². The number of hydrogen-bond donors (Lipinski definition) is 1. The van der Waals surface area contributed by atoms with Crippen LogP contribution in [0.5, 0.6) is 0 Å². The van der Waals surface area contributed by atoms with Crippen molar-refractivity contribution in [1.29, 1.82) is 0 Å². The Morgan fingerprint density at radius 2 is 2.18 bits per heavy atom. The lowest BCUT2D eigenvalue weighted by Crippen LogP contribution is -2.25. The van der Waals surface area contributed by atoms with Crippen molar-refractivity contribution < 1.29 is 0 Å². The zero-order chi connectivity index (χ0) is 12.3. The second-order valence-corrected chi connectivity index (χ2v) is 5.60. The van der Waals surface area contributed by atoms with Crippen molar-refractivity contribution >= 4 is 15.9 Å². The summed E-state index contributed by atoms with van der Waals surface area (Å²) in [5, 5.41) is 3.18. The minimum Gasteiger partial charge on any atom is -0.316 e. The van der Waals surface area contributed by atoms with Gasteiger partial charge in [0.25, 0.3) is 0 Å². The predicted octanol–water partition coefficient (Wildman–Crippen LogP) is 3.15. The van der Waals surface area contributed by atoms with Crippen LogP contribution < -0.4 is 5.32 Å². The highest BCUT2D eigenvalue weighted by Crippen LogP contribution is 2.29. The summed E-state index contributed by atoms with van der Waals surface area (Å²) >= 11 is 3.69. The molecule has 0 spiro atoms. The molecule has 0 bridgehead atoms. The third-order valence-electron chi connectivity index (χ3n) is 3.34. The Balaban J connectivity index is 2.04. The molecule has 1 saturated carbocycles. The fraction of sp³-hybridized carbons (Fsp3) is 0.571. The molecule has 0 unspecified atom stereocenters. The van der Waals surface area contributed by atoms with E-state index in [9.17, 15) is 0 Å². The molecule has 1 aliphatic rings. The molecule has 1 fully saturated rings. The molecule has 1 aromatic carbocycles. The quantitative estimate of drug-likeness (QED) is 0.867. The van der Waals surface area contributed by atoms with Crippen LogP contribution in [-0.4, -0.2) is 24.5 Å². The van der Waals surface area contributed by atoms with E-state index in [4.69, 9.17) is 0 Å². The van der Waals surface area contributed by atoms with Crippen molar-refractivity contribution in [3.8, 4) is 0 Å². The van der Waals surface area contributed by atoms with Crippen molar-refractivity contribution in [3.63, 3.8) is 0 Å². The number of rotatable bonds is 6. The average molecular weight is 297 g/mol. The molecule has 0 heterocycles. The number of halogens is 1. The molecule has 3 heteroatoms. The number of hydrogen-bond acceptors (Lipinski definition) is 2. The van der Waals surface area contributed by atoms with Crippen LogP contribution >= 0.6 is 15.9 Å². The summed E-state index contributed by atoms with van der Waals surface area (Å²) < 4.78 is 1.24. The number of nitrogens with one attached hydrogen (secondary N) is 1. The summed E-state index contributed by atoms with van der Waals surface area (Å²) in [6.45, 7) is 5.40. The summed E-state index contributed by atoms with van der Waals surface area (Å²) in [6, 6.07) is 7.54. The molecule has 1 N–H and O–H groups in total. The predicted molar refractivity (Wildman–Crippen MR) is 76.0 cm³/mol. The largest absolute Gasteiger partial charge is 0.316 e. The van der Waals surface area contributed by atoms with Crippen molar-refractivity contribution in [2.24, 2.45) is 0 Å². The highest BCUT2D eigenvalue weighted by atomic mass is 79.9.